The van der Waals surface area contributed by atoms with E-state index in [1.807, 2.05) is 0 Å². The van der Waals surface area contributed by atoms with Gasteiger partial charge < -0.3 is 0 Å². The van der Waals surface area contributed by atoms with Gasteiger partial charge in [0.1, 0.15) is 5.57 Å². The normalized spacial score (nSPS) is 14.2. The number of benzene rings is 2. The van der Waals surface area contributed by atoms with E-state index in [9.17, 15) is 18.4 Å². The Kier molecular flexibility index (Phi) is 4.18. The molecule has 0 aromatic heterocycles. The topological polar surface area (TPSA) is 58.2 Å². The summed E-state index contributed by atoms with van der Waals surface area (Å²) in [5, 5.41) is 4.66. The largest absolute Gasteiger partial charge is 0.299 e. The molecule has 2 aromatic rings. The molecule has 1 aliphatic rings. The standard InChI is InChI=1S/C17H10F2N2O2S/c18-13-6-5-11(8-14(13)19)10-3-1-9(2-4-10)7-12-15(22)20-17(24)21-16(12)23/h1-8H,(H2,20,21,22,23,24). The van der Waals surface area contributed by atoms with Crippen LogP contribution in [0.1, 0.15) is 5.56 Å². The molecule has 0 atom stereocenters. The second kappa shape index (κ2) is 6.29. The summed E-state index contributed by atoms with van der Waals surface area (Å²) >= 11 is 4.72. The van der Waals surface area contributed by atoms with Crippen LogP contribution in [0.15, 0.2) is 48.0 Å². The number of carbonyl (C=O) groups is 2. The SMILES string of the molecule is O=C1NC(=S)NC(=O)C1=Cc1ccc(-c2ccc(F)c(F)c2)cc1. The van der Waals surface area contributed by atoms with Crippen LogP contribution < -0.4 is 10.6 Å². The van der Waals surface area contributed by atoms with E-state index in [2.05, 4.69) is 10.6 Å². The molecule has 1 saturated heterocycles. The second-order valence-corrected chi connectivity index (χ2v) is 5.45. The summed E-state index contributed by atoms with van der Waals surface area (Å²) in [5.74, 6) is -2.99. The lowest BCUT2D eigenvalue weighted by Crippen LogP contribution is -2.51. The highest BCUT2D eigenvalue weighted by Crippen LogP contribution is 2.22. The lowest BCUT2D eigenvalue weighted by atomic mass is 10.0. The van der Waals surface area contributed by atoms with Crippen LogP contribution in [0.25, 0.3) is 17.2 Å². The predicted octanol–water partition coefficient (Wildman–Crippen LogP) is 2.55. The Bertz CT molecular complexity index is 870. The number of halogens is 2. The van der Waals surface area contributed by atoms with Gasteiger partial charge in [0.2, 0.25) is 0 Å². The molecule has 1 fully saturated rings. The maximum atomic E-state index is 13.3. The Balaban J connectivity index is 1.88. The van der Waals surface area contributed by atoms with Gasteiger partial charge in [-0.1, -0.05) is 30.3 Å². The molecule has 2 amide bonds. The first-order chi connectivity index (χ1) is 11.4. The van der Waals surface area contributed by atoms with Gasteiger partial charge in [-0.25, -0.2) is 8.78 Å². The lowest BCUT2D eigenvalue weighted by molar-refractivity contribution is -0.123. The minimum Gasteiger partial charge on any atom is -0.299 e. The Hall–Kier alpha value is -2.93. The summed E-state index contributed by atoms with van der Waals surface area (Å²) in [4.78, 5) is 23.5. The molecule has 0 bridgehead atoms. The fourth-order valence-electron chi connectivity index (χ4n) is 2.22. The highest BCUT2D eigenvalue weighted by atomic mass is 32.1. The van der Waals surface area contributed by atoms with Gasteiger partial charge in [-0.05, 0) is 47.1 Å². The zero-order chi connectivity index (χ0) is 17.3. The number of hydrogen-bond donors (Lipinski definition) is 2. The Labute approximate surface area is 141 Å². The first-order valence-electron chi connectivity index (χ1n) is 6.88. The van der Waals surface area contributed by atoms with E-state index in [-0.39, 0.29) is 10.7 Å². The molecule has 3 rings (SSSR count). The monoisotopic (exact) mass is 344 g/mol. The first-order valence-corrected chi connectivity index (χ1v) is 7.29. The molecular weight excluding hydrogens is 334 g/mol. The van der Waals surface area contributed by atoms with Crippen LogP contribution in [0.4, 0.5) is 8.78 Å². The van der Waals surface area contributed by atoms with Gasteiger partial charge in [0.25, 0.3) is 11.8 Å². The molecule has 0 saturated carbocycles. The molecule has 0 radical (unpaired) electrons. The van der Waals surface area contributed by atoms with E-state index in [4.69, 9.17) is 12.2 Å². The van der Waals surface area contributed by atoms with Gasteiger partial charge in [-0.15, -0.1) is 0 Å². The number of thiocarbonyl (C=S) groups is 1. The van der Waals surface area contributed by atoms with E-state index in [1.165, 1.54) is 12.1 Å². The number of amides is 2. The van der Waals surface area contributed by atoms with Gasteiger partial charge in [0.05, 0.1) is 0 Å². The maximum Gasteiger partial charge on any atom is 0.263 e. The smallest absolute Gasteiger partial charge is 0.263 e. The van der Waals surface area contributed by atoms with Crippen molar-refractivity contribution in [1.82, 2.24) is 10.6 Å². The molecule has 120 valence electrons. The minimum atomic E-state index is -0.926. The Morgan fingerprint density at radius 2 is 1.42 bits per heavy atom. The molecule has 0 spiro atoms. The number of carbonyl (C=O) groups excluding carboxylic acids is 2. The Morgan fingerprint density at radius 1 is 0.833 bits per heavy atom. The van der Waals surface area contributed by atoms with Crippen LogP contribution in [0.5, 0.6) is 0 Å². The summed E-state index contributed by atoms with van der Waals surface area (Å²) in [7, 11) is 0. The van der Waals surface area contributed by atoms with Crippen LogP contribution in [-0.4, -0.2) is 16.9 Å². The molecule has 0 unspecified atom stereocenters. The van der Waals surface area contributed by atoms with Crippen molar-refractivity contribution in [2.45, 2.75) is 0 Å². The minimum absolute atomic E-state index is 0.0316. The van der Waals surface area contributed by atoms with Crippen LogP contribution >= 0.6 is 12.2 Å². The summed E-state index contributed by atoms with van der Waals surface area (Å²) < 4.78 is 26.3. The van der Waals surface area contributed by atoms with Crippen LogP contribution in [-0.2, 0) is 9.59 Å². The molecule has 4 nitrogen and oxygen atoms in total. The molecule has 1 heterocycles. The quantitative estimate of drug-likeness (QED) is 0.500. The zero-order valence-corrected chi connectivity index (χ0v) is 12.9. The van der Waals surface area contributed by atoms with Crippen molar-refractivity contribution in [3.63, 3.8) is 0 Å². The van der Waals surface area contributed by atoms with Gasteiger partial charge in [0.15, 0.2) is 16.7 Å². The molecule has 1 aliphatic heterocycles. The number of hydrogen-bond acceptors (Lipinski definition) is 3. The summed E-state index contributed by atoms with van der Waals surface area (Å²) in [6, 6.07) is 10.3. The number of nitrogens with one attached hydrogen (secondary N) is 2. The first kappa shape index (κ1) is 15.9. The highest BCUT2D eigenvalue weighted by molar-refractivity contribution is 7.80. The third-order valence-electron chi connectivity index (χ3n) is 3.42. The molecule has 2 N–H and O–H groups in total. The van der Waals surface area contributed by atoms with Crippen molar-refractivity contribution >= 4 is 35.2 Å². The van der Waals surface area contributed by atoms with Crippen LogP contribution in [0.2, 0.25) is 0 Å². The molecule has 7 heteroatoms. The zero-order valence-electron chi connectivity index (χ0n) is 12.1. The maximum absolute atomic E-state index is 13.3. The number of rotatable bonds is 2. The molecule has 2 aromatic carbocycles. The second-order valence-electron chi connectivity index (χ2n) is 5.05. The predicted molar refractivity (Wildman–Crippen MR) is 88.7 cm³/mol. The van der Waals surface area contributed by atoms with Crippen molar-refractivity contribution in [3.05, 3.63) is 65.2 Å². The van der Waals surface area contributed by atoms with E-state index in [0.29, 0.717) is 16.7 Å². The average Bonchev–Trinajstić information content (AvgIpc) is 2.54. The fraction of sp³-hybridized carbons (Fsp3) is 0. The van der Waals surface area contributed by atoms with Crippen molar-refractivity contribution in [3.8, 4) is 11.1 Å². The Morgan fingerprint density at radius 3 is 2.00 bits per heavy atom. The average molecular weight is 344 g/mol. The van der Waals surface area contributed by atoms with Crippen molar-refractivity contribution < 1.29 is 18.4 Å². The van der Waals surface area contributed by atoms with Gasteiger partial charge >= 0.3 is 0 Å². The summed E-state index contributed by atoms with van der Waals surface area (Å²) in [6.45, 7) is 0. The van der Waals surface area contributed by atoms with Crippen LogP contribution in [0.3, 0.4) is 0 Å². The van der Waals surface area contributed by atoms with Gasteiger partial charge in [-0.2, -0.15) is 0 Å². The van der Waals surface area contributed by atoms with Crippen molar-refractivity contribution in [1.29, 1.82) is 0 Å². The van der Waals surface area contributed by atoms with Gasteiger partial charge in [-0.3, -0.25) is 20.2 Å². The highest BCUT2D eigenvalue weighted by Gasteiger charge is 2.25. The molecule has 24 heavy (non-hydrogen) atoms. The van der Waals surface area contributed by atoms with Crippen LogP contribution in [0, 0.1) is 11.6 Å². The van der Waals surface area contributed by atoms with E-state index < -0.39 is 23.4 Å². The lowest BCUT2D eigenvalue weighted by Gasteiger charge is -2.16. The van der Waals surface area contributed by atoms with Crippen molar-refractivity contribution in [2.24, 2.45) is 0 Å². The summed E-state index contributed by atoms with van der Waals surface area (Å²) in [6.07, 6.45) is 1.42. The van der Waals surface area contributed by atoms with Gasteiger partial charge in [0, 0.05) is 0 Å². The molecular formula is C17H10F2N2O2S. The summed E-state index contributed by atoms with van der Waals surface area (Å²) in [5.41, 5.74) is 1.74. The van der Waals surface area contributed by atoms with E-state index in [1.54, 1.807) is 24.3 Å². The van der Waals surface area contributed by atoms with Crippen molar-refractivity contribution in [2.75, 3.05) is 0 Å². The fourth-order valence-corrected chi connectivity index (χ4v) is 2.41. The third kappa shape index (κ3) is 3.21. The van der Waals surface area contributed by atoms with E-state index >= 15 is 0 Å². The molecule has 0 aliphatic carbocycles. The van der Waals surface area contributed by atoms with E-state index in [0.717, 1.165) is 12.1 Å². The third-order valence-corrected chi connectivity index (χ3v) is 3.62.